The molecule has 0 heterocycles. The zero-order valence-corrected chi connectivity index (χ0v) is 25.7. The van der Waals surface area contributed by atoms with Crippen LogP contribution in [0.1, 0.15) is 86.5 Å². The van der Waals surface area contributed by atoms with Crippen LogP contribution >= 0.6 is 0 Å². The highest BCUT2D eigenvalue weighted by atomic mass is 15.4. The number of anilines is 1. The average molecular weight is 585 g/mol. The summed E-state index contributed by atoms with van der Waals surface area (Å²) in [5.41, 5.74) is 18.0. The molecule has 0 radical (unpaired) electrons. The fourth-order valence-corrected chi connectivity index (χ4v) is 8.57. The molecule has 44 heavy (non-hydrogen) atoms. The number of rotatable bonds is 5. The summed E-state index contributed by atoms with van der Waals surface area (Å²) in [4.78, 5) is 7.70. The van der Waals surface area contributed by atoms with Gasteiger partial charge in [-0.25, -0.2) is 10.4 Å². The van der Waals surface area contributed by atoms with Gasteiger partial charge in [0, 0.05) is 28.5 Å². The summed E-state index contributed by atoms with van der Waals surface area (Å²) in [6.07, 6.45) is 17.0. The van der Waals surface area contributed by atoms with Crippen molar-refractivity contribution in [2.24, 2.45) is 15.8 Å². The van der Waals surface area contributed by atoms with Gasteiger partial charge in [-0.3, -0.25) is 0 Å². The normalized spacial score (nSPS) is 19.2. The van der Waals surface area contributed by atoms with Crippen LogP contribution in [0.25, 0.3) is 21.5 Å². The van der Waals surface area contributed by atoms with Crippen LogP contribution < -0.4 is 16.5 Å². The number of aliphatic imine (C=N–C) groups is 1. The molecule has 0 atom stereocenters. The Bertz CT molecular complexity index is 1720. The van der Waals surface area contributed by atoms with Gasteiger partial charge < -0.3 is 16.0 Å². The topological polar surface area (TPSA) is 78.0 Å². The molecule has 8 rings (SSSR count). The summed E-state index contributed by atoms with van der Waals surface area (Å²) in [6.45, 7) is 0. The van der Waals surface area contributed by atoms with E-state index >= 15 is 0 Å². The van der Waals surface area contributed by atoms with Gasteiger partial charge in [0.2, 0.25) is 11.9 Å². The number of aryl methyl sites for hydroxylation is 4. The van der Waals surface area contributed by atoms with E-state index in [1.165, 1.54) is 108 Å². The van der Waals surface area contributed by atoms with Crippen molar-refractivity contribution < 1.29 is 0 Å². The molecule has 0 bridgehead atoms. The quantitative estimate of drug-likeness (QED) is 0.126. The second-order valence-corrected chi connectivity index (χ2v) is 13.4. The van der Waals surface area contributed by atoms with Crippen molar-refractivity contribution in [1.82, 2.24) is 10.3 Å². The van der Waals surface area contributed by atoms with E-state index in [-0.39, 0.29) is 0 Å². The van der Waals surface area contributed by atoms with Crippen molar-refractivity contribution in [2.45, 2.75) is 102 Å². The Kier molecular flexibility index (Phi) is 7.37. The average Bonchev–Trinajstić information content (AvgIpc) is 3.70. The third-order valence-corrected chi connectivity index (χ3v) is 10.7. The predicted octanol–water partition coefficient (Wildman–Crippen LogP) is 8.08. The van der Waals surface area contributed by atoms with Crippen molar-refractivity contribution in [3.05, 3.63) is 82.9 Å². The van der Waals surface area contributed by atoms with Gasteiger partial charge in [0.25, 0.3) is 0 Å². The first-order valence-corrected chi connectivity index (χ1v) is 17.0. The Morgan fingerprint density at radius 1 is 0.636 bits per heavy atom. The van der Waals surface area contributed by atoms with E-state index in [9.17, 15) is 0 Å². The van der Waals surface area contributed by atoms with Crippen molar-refractivity contribution >= 4 is 44.8 Å². The maximum Gasteiger partial charge on any atom is 0.222 e. The van der Waals surface area contributed by atoms with Gasteiger partial charge in [-0.15, -0.1) is 5.10 Å². The van der Waals surface area contributed by atoms with Crippen molar-refractivity contribution in [2.75, 3.05) is 5.32 Å². The number of hydrazone groups is 1. The molecule has 0 unspecified atom stereocenters. The molecule has 0 aromatic heterocycles. The highest BCUT2D eigenvalue weighted by Gasteiger charge is 2.30. The number of guanidine groups is 2. The summed E-state index contributed by atoms with van der Waals surface area (Å²) < 4.78 is 0. The second kappa shape index (κ2) is 11.8. The highest BCUT2D eigenvalue weighted by molar-refractivity contribution is 6.08. The van der Waals surface area contributed by atoms with Crippen LogP contribution in [0.2, 0.25) is 0 Å². The Balaban J connectivity index is 1.18. The molecular formula is C38H44N6. The van der Waals surface area contributed by atoms with Gasteiger partial charge in [0.05, 0.1) is 5.69 Å². The number of benzene rings is 4. The molecule has 6 heteroatoms. The van der Waals surface area contributed by atoms with Gasteiger partial charge in [-0.05, 0) is 96.5 Å². The summed E-state index contributed by atoms with van der Waals surface area (Å²) in [7, 11) is 0. The SMILES string of the molecule is NC(=NNC(=Nc1ccc2c3c(cccc13)CC2)Nc1ccc2c3c(cccc13)CC2)N(C1CCCCC1)C1CCCCC1. The third kappa shape index (κ3) is 5.08. The minimum absolute atomic E-state index is 0.471. The Morgan fingerprint density at radius 3 is 1.82 bits per heavy atom. The van der Waals surface area contributed by atoms with Crippen molar-refractivity contribution in [3.63, 3.8) is 0 Å². The Labute approximate surface area is 260 Å². The monoisotopic (exact) mass is 584 g/mol. The van der Waals surface area contributed by atoms with Crippen LogP contribution in [0.3, 0.4) is 0 Å². The zero-order valence-electron chi connectivity index (χ0n) is 25.7. The van der Waals surface area contributed by atoms with E-state index in [1.807, 2.05) is 0 Å². The molecule has 2 fully saturated rings. The standard InChI is InChI=1S/C38H44N6/c39-37(44(29-11-3-1-4-12-29)30-13-5-2-6-14-30)42-43-38(40-33-23-21-27-19-17-25-9-7-15-31(33)35(25)27)41-34-24-22-28-20-18-26-10-8-16-32(34)36(26)28/h7-10,15-16,21-24,29-30H,1-6,11-14,17-20H2,(H2,39,42)(H2,40,41,43). The van der Waals surface area contributed by atoms with Crippen LogP contribution in [0, 0.1) is 0 Å². The number of nitrogens with zero attached hydrogens (tertiary/aromatic N) is 3. The maximum atomic E-state index is 6.92. The van der Waals surface area contributed by atoms with E-state index < -0.39 is 0 Å². The van der Waals surface area contributed by atoms with Crippen molar-refractivity contribution in [1.29, 1.82) is 0 Å². The third-order valence-electron chi connectivity index (χ3n) is 10.7. The van der Waals surface area contributed by atoms with E-state index in [4.69, 9.17) is 15.8 Å². The lowest BCUT2D eigenvalue weighted by atomic mass is 9.89. The van der Waals surface area contributed by atoms with E-state index in [0.717, 1.165) is 37.1 Å². The molecule has 0 aliphatic heterocycles. The molecule has 226 valence electrons. The summed E-state index contributed by atoms with van der Waals surface area (Å²) in [5.74, 6) is 1.19. The zero-order chi connectivity index (χ0) is 29.5. The first-order valence-electron chi connectivity index (χ1n) is 17.0. The lowest BCUT2D eigenvalue weighted by molar-refractivity contribution is 0.155. The minimum atomic E-state index is 0.471. The largest absolute Gasteiger partial charge is 0.368 e. The van der Waals surface area contributed by atoms with E-state index in [1.54, 1.807) is 0 Å². The summed E-state index contributed by atoms with van der Waals surface area (Å²) in [5, 5.41) is 13.7. The van der Waals surface area contributed by atoms with Crippen LogP contribution in [0.15, 0.2) is 70.8 Å². The smallest absolute Gasteiger partial charge is 0.222 e. The van der Waals surface area contributed by atoms with Gasteiger partial charge in [-0.1, -0.05) is 87.1 Å². The summed E-state index contributed by atoms with van der Waals surface area (Å²) >= 11 is 0. The molecule has 0 spiro atoms. The molecule has 4 aliphatic rings. The fraction of sp³-hybridized carbons (Fsp3) is 0.421. The minimum Gasteiger partial charge on any atom is -0.368 e. The lowest BCUT2D eigenvalue weighted by Gasteiger charge is -2.42. The number of nitrogens with one attached hydrogen (secondary N) is 2. The van der Waals surface area contributed by atoms with Crippen molar-refractivity contribution in [3.8, 4) is 0 Å². The van der Waals surface area contributed by atoms with Crippen LogP contribution in [0.5, 0.6) is 0 Å². The molecule has 2 saturated carbocycles. The lowest BCUT2D eigenvalue weighted by Crippen LogP contribution is -2.52. The molecule has 4 aromatic carbocycles. The molecule has 0 amide bonds. The molecule has 6 nitrogen and oxygen atoms in total. The second-order valence-electron chi connectivity index (χ2n) is 13.4. The predicted molar refractivity (Wildman–Crippen MR) is 184 cm³/mol. The first kappa shape index (κ1) is 27.5. The number of hydrogen-bond donors (Lipinski definition) is 3. The maximum absolute atomic E-state index is 6.92. The van der Waals surface area contributed by atoms with Crippen LogP contribution in [-0.2, 0) is 25.7 Å². The van der Waals surface area contributed by atoms with Gasteiger partial charge >= 0.3 is 0 Å². The number of nitrogens with two attached hydrogens (primary N) is 1. The van der Waals surface area contributed by atoms with Gasteiger partial charge in [0.15, 0.2) is 0 Å². The molecule has 4 N–H and O–H groups in total. The summed E-state index contributed by atoms with van der Waals surface area (Å²) in [6, 6.07) is 23.1. The Hall–Kier alpha value is -4.06. The molecule has 4 aliphatic carbocycles. The van der Waals surface area contributed by atoms with Gasteiger partial charge in [-0.2, -0.15) is 0 Å². The van der Waals surface area contributed by atoms with E-state index in [0.29, 0.717) is 24.0 Å². The fourth-order valence-electron chi connectivity index (χ4n) is 8.57. The van der Waals surface area contributed by atoms with Crippen LogP contribution in [-0.4, -0.2) is 28.9 Å². The van der Waals surface area contributed by atoms with E-state index in [2.05, 4.69) is 76.3 Å². The van der Waals surface area contributed by atoms with Crippen LogP contribution in [0.4, 0.5) is 11.4 Å². The van der Waals surface area contributed by atoms with Gasteiger partial charge in [0.1, 0.15) is 0 Å². The Morgan fingerprint density at radius 2 is 1.18 bits per heavy atom. The first-order chi connectivity index (χ1) is 21.7. The molecule has 4 aromatic rings. The molecular weight excluding hydrogens is 540 g/mol. The number of hydrogen-bond acceptors (Lipinski definition) is 2. The highest BCUT2D eigenvalue weighted by Crippen LogP contribution is 2.38. The molecule has 0 saturated heterocycles.